The van der Waals surface area contributed by atoms with E-state index in [0.717, 1.165) is 0 Å². The number of amidine groups is 1. The number of hydrogen-bond acceptors (Lipinski definition) is 5. The van der Waals surface area contributed by atoms with E-state index in [4.69, 9.17) is 0 Å². The van der Waals surface area contributed by atoms with Crippen LogP contribution in [0, 0.1) is 0 Å². The van der Waals surface area contributed by atoms with Crippen LogP contribution in [0.5, 0.6) is 11.5 Å². The Morgan fingerprint density at radius 1 is 1.12 bits per heavy atom. The summed E-state index contributed by atoms with van der Waals surface area (Å²) in [5, 5.41) is 25.5. The maximum absolute atomic E-state index is 12.0. The van der Waals surface area contributed by atoms with E-state index in [9.17, 15) is 15.0 Å². The number of phenolic OH excluding ortho intramolecular Hbond substituents is 2. The second kappa shape index (κ2) is 7.04. The average Bonchev–Trinajstić information content (AvgIpc) is 3.04. The number of nitrogens with one attached hydrogen (secondary N) is 2. The van der Waals surface area contributed by atoms with Crippen molar-refractivity contribution in [1.82, 2.24) is 10.6 Å². The van der Waals surface area contributed by atoms with Crippen LogP contribution in [-0.4, -0.2) is 41.1 Å². The Bertz CT molecular complexity index is 774. The maximum atomic E-state index is 12.0. The van der Waals surface area contributed by atoms with E-state index in [1.165, 1.54) is 6.07 Å². The largest absolute Gasteiger partial charge is 0.507 e. The fourth-order valence-corrected chi connectivity index (χ4v) is 2.61. The summed E-state index contributed by atoms with van der Waals surface area (Å²) in [6.45, 7) is 1.12. The summed E-state index contributed by atoms with van der Waals surface area (Å²) in [7, 11) is 0. The van der Waals surface area contributed by atoms with Gasteiger partial charge in [-0.3, -0.25) is 9.79 Å². The molecule has 124 valence electrons. The van der Waals surface area contributed by atoms with Crippen LogP contribution in [-0.2, 0) is 0 Å². The number of phenols is 2. The molecule has 1 heterocycles. The summed E-state index contributed by atoms with van der Waals surface area (Å²) >= 11 is 0. The molecule has 1 amide bonds. The number of hydrogen-bond donors (Lipinski definition) is 4. The van der Waals surface area contributed by atoms with Crippen LogP contribution >= 0.6 is 0 Å². The molecule has 1 atom stereocenters. The summed E-state index contributed by atoms with van der Waals surface area (Å²) in [4.78, 5) is 16.6. The number of carbonyl (C=O) groups excluding carboxylic acids is 1. The van der Waals surface area contributed by atoms with Crippen molar-refractivity contribution in [3.8, 4) is 11.5 Å². The van der Waals surface area contributed by atoms with Gasteiger partial charge in [-0.15, -0.1) is 0 Å². The summed E-state index contributed by atoms with van der Waals surface area (Å²) in [6.07, 6.45) is 0.670. The van der Waals surface area contributed by atoms with Gasteiger partial charge in [0.15, 0.2) is 0 Å². The van der Waals surface area contributed by atoms with Crippen molar-refractivity contribution in [3.05, 3.63) is 59.7 Å². The molecule has 0 saturated carbocycles. The Hall–Kier alpha value is -3.02. The third kappa shape index (κ3) is 3.48. The quantitative estimate of drug-likeness (QED) is 0.672. The smallest absolute Gasteiger partial charge is 0.255 e. The van der Waals surface area contributed by atoms with E-state index in [1.807, 2.05) is 12.1 Å². The molecule has 0 spiro atoms. The predicted molar refractivity (Wildman–Crippen MR) is 91.5 cm³/mol. The lowest BCUT2D eigenvalue weighted by Crippen LogP contribution is -2.28. The van der Waals surface area contributed by atoms with E-state index in [-0.39, 0.29) is 29.0 Å². The number of rotatable bonds is 5. The minimum atomic E-state index is -0.302. The van der Waals surface area contributed by atoms with Crippen molar-refractivity contribution >= 4 is 11.7 Å². The van der Waals surface area contributed by atoms with Gasteiger partial charge < -0.3 is 20.8 Å². The van der Waals surface area contributed by atoms with Crippen molar-refractivity contribution in [3.63, 3.8) is 0 Å². The van der Waals surface area contributed by atoms with Crippen molar-refractivity contribution in [2.45, 2.75) is 12.5 Å². The van der Waals surface area contributed by atoms with Crippen LogP contribution in [0.25, 0.3) is 0 Å². The van der Waals surface area contributed by atoms with Gasteiger partial charge in [0.1, 0.15) is 17.3 Å². The highest BCUT2D eigenvalue weighted by Crippen LogP contribution is 2.19. The second-order valence-electron chi connectivity index (χ2n) is 5.59. The van der Waals surface area contributed by atoms with Gasteiger partial charge >= 0.3 is 0 Å². The highest BCUT2D eigenvalue weighted by Gasteiger charge is 2.20. The van der Waals surface area contributed by atoms with E-state index in [0.29, 0.717) is 30.9 Å². The highest BCUT2D eigenvalue weighted by molar-refractivity contribution is 6.02. The van der Waals surface area contributed by atoms with E-state index >= 15 is 0 Å². The maximum Gasteiger partial charge on any atom is 0.255 e. The lowest BCUT2D eigenvalue weighted by atomic mass is 10.2. The number of aliphatic imine (C=N–C) groups is 1. The van der Waals surface area contributed by atoms with Gasteiger partial charge in [0, 0.05) is 13.1 Å². The molecular weight excluding hydrogens is 306 g/mol. The van der Waals surface area contributed by atoms with Gasteiger partial charge in [-0.05, 0) is 30.7 Å². The average molecular weight is 325 g/mol. The number of aromatic hydroxyl groups is 2. The molecule has 1 aliphatic heterocycles. The number of amides is 1. The topological polar surface area (TPSA) is 94.0 Å². The van der Waals surface area contributed by atoms with Gasteiger partial charge in [0.2, 0.25) is 0 Å². The van der Waals surface area contributed by atoms with Gasteiger partial charge in [0.25, 0.3) is 5.91 Å². The molecule has 6 heteroatoms. The van der Waals surface area contributed by atoms with Gasteiger partial charge in [-0.1, -0.05) is 24.3 Å². The Morgan fingerprint density at radius 3 is 2.58 bits per heavy atom. The Kier molecular flexibility index (Phi) is 4.65. The molecule has 2 aromatic carbocycles. The minimum Gasteiger partial charge on any atom is -0.507 e. The lowest BCUT2D eigenvalue weighted by molar-refractivity contribution is 0.0950. The number of benzene rings is 2. The Labute approximate surface area is 139 Å². The number of para-hydroxylation sites is 2. The molecule has 0 aromatic heterocycles. The minimum absolute atomic E-state index is 0.0302. The lowest BCUT2D eigenvalue weighted by Gasteiger charge is -2.08. The normalized spacial score (nSPS) is 16.3. The van der Waals surface area contributed by atoms with Crippen LogP contribution in [0.3, 0.4) is 0 Å². The molecular formula is C18H19N3O3. The third-order valence-electron chi connectivity index (χ3n) is 3.89. The fourth-order valence-electron chi connectivity index (χ4n) is 2.61. The molecule has 2 aromatic rings. The Morgan fingerprint density at radius 2 is 1.83 bits per heavy atom. The second-order valence-corrected chi connectivity index (χ2v) is 5.59. The zero-order chi connectivity index (χ0) is 16.9. The first-order valence-corrected chi connectivity index (χ1v) is 7.81. The SMILES string of the molecule is O=C(NCCC1CNC(c2ccccc2O)=N1)c1ccccc1O. The first-order valence-electron chi connectivity index (χ1n) is 7.81. The van der Waals surface area contributed by atoms with Crippen molar-refractivity contribution in [1.29, 1.82) is 0 Å². The predicted octanol–water partition coefficient (Wildman–Crippen LogP) is 1.64. The van der Waals surface area contributed by atoms with Crippen LogP contribution in [0.15, 0.2) is 53.5 Å². The van der Waals surface area contributed by atoms with Crippen molar-refractivity contribution in [2.24, 2.45) is 4.99 Å². The van der Waals surface area contributed by atoms with Crippen molar-refractivity contribution < 1.29 is 15.0 Å². The molecule has 0 radical (unpaired) electrons. The first-order chi connectivity index (χ1) is 11.6. The van der Waals surface area contributed by atoms with Crippen LogP contribution < -0.4 is 10.6 Å². The summed E-state index contributed by atoms with van der Waals surface area (Å²) in [5.41, 5.74) is 0.943. The Balaban J connectivity index is 1.54. The molecule has 4 N–H and O–H groups in total. The number of carbonyl (C=O) groups is 1. The van der Waals surface area contributed by atoms with Crippen molar-refractivity contribution in [2.75, 3.05) is 13.1 Å². The van der Waals surface area contributed by atoms with Crippen LogP contribution in [0.2, 0.25) is 0 Å². The summed E-state index contributed by atoms with van der Waals surface area (Å²) in [6, 6.07) is 13.5. The zero-order valence-electron chi connectivity index (χ0n) is 13.1. The molecule has 1 unspecified atom stereocenters. The molecule has 0 aliphatic carbocycles. The number of nitrogens with zero attached hydrogens (tertiary/aromatic N) is 1. The van der Waals surface area contributed by atoms with Gasteiger partial charge in [0.05, 0.1) is 17.2 Å². The monoisotopic (exact) mass is 325 g/mol. The van der Waals surface area contributed by atoms with Crippen LogP contribution in [0.4, 0.5) is 0 Å². The highest BCUT2D eigenvalue weighted by atomic mass is 16.3. The van der Waals surface area contributed by atoms with Gasteiger partial charge in [-0.25, -0.2) is 0 Å². The molecule has 3 rings (SSSR count). The summed E-state index contributed by atoms with van der Waals surface area (Å²) < 4.78 is 0. The molecule has 0 fully saturated rings. The molecule has 0 bridgehead atoms. The third-order valence-corrected chi connectivity index (χ3v) is 3.89. The zero-order valence-corrected chi connectivity index (χ0v) is 13.1. The van der Waals surface area contributed by atoms with Gasteiger partial charge in [-0.2, -0.15) is 0 Å². The standard InChI is InChI=1S/C18H19N3O3/c22-15-7-3-1-5-13(15)17-20-11-12(21-17)9-10-19-18(24)14-6-2-4-8-16(14)23/h1-8,12,22-23H,9-11H2,(H,19,24)(H,20,21). The molecule has 0 saturated heterocycles. The van der Waals surface area contributed by atoms with E-state index in [1.54, 1.807) is 30.3 Å². The fraction of sp³-hybridized carbons (Fsp3) is 0.222. The molecule has 24 heavy (non-hydrogen) atoms. The summed E-state index contributed by atoms with van der Waals surface area (Å²) in [5.74, 6) is 0.531. The molecule has 1 aliphatic rings. The van der Waals surface area contributed by atoms with E-state index in [2.05, 4.69) is 15.6 Å². The molecule has 6 nitrogen and oxygen atoms in total. The van der Waals surface area contributed by atoms with Crippen LogP contribution in [0.1, 0.15) is 22.3 Å². The van der Waals surface area contributed by atoms with E-state index < -0.39 is 0 Å². The first kappa shape index (κ1) is 15.9.